The second kappa shape index (κ2) is 13.3. The molecule has 0 aliphatic carbocycles. The summed E-state index contributed by atoms with van der Waals surface area (Å²) < 4.78 is 14.1. The van der Waals surface area contributed by atoms with Crippen LogP contribution < -0.4 is 10.6 Å². The van der Waals surface area contributed by atoms with Gasteiger partial charge < -0.3 is 4.57 Å². The third-order valence-corrected chi connectivity index (χ3v) is 13.3. The van der Waals surface area contributed by atoms with Gasteiger partial charge in [-0.15, -0.1) is 0 Å². The molecule has 1 atom stereocenters. The van der Waals surface area contributed by atoms with Crippen LogP contribution in [0.25, 0.3) is 89.4 Å². The smallest absolute Gasteiger partial charge is 0.164 e. The van der Waals surface area contributed by atoms with E-state index in [0.717, 1.165) is 77.0 Å². The summed E-state index contributed by atoms with van der Waals surface area (Å²) in [5, 5.41) is 4.20. The van der Waals surface area contributed by atoms with E-state index < -0.39 is 7.14 Å². The quantitative estimate of drug-likeness (QED) is 0.160. The largest absolute Gasteiger partial charge is 0.314 e. The van der Waals surface area contributed by atoms with E-state index >= 15 is 0 Å². The highest BCUT2D eigenvalue weighted by atomic mass is 31.2. The molecule has 0 bridgehead atoms. The lowest BCUT2D eigenvalue weighted by Crippen LogP contribution is -2.08. The minimum absolute atomic E-state index is 0.620. The van der Waals surface area contributed by atoms with E-state index in [-0.39, 0.29) is 0 Å². The molecule has 55 heavy (non-hydrogen) atoms. The third-order valence-electron chi connectivity index (χ3n) is 10.7. The number of nitrogens with zero attached hydrogens (tertiary/aromatic N) is 3. The zero-order valence-corrected chi connectivity index (χ0v) is 31.0. The Bertz CT molecular complexity index is 2940. The topological polar surface area (TPSA) is 55.7 Å². The van der Waals surface area contributed by atoms with Crippen molar-refractivity contribution in [3.63, 3.8) is 0 Å². The molecule has 1 aliphatic rings. The first kappa shape index (κ1) is 32.9. The summed E-state index contributed by atoms with van der Waals surface area (Å²) in [6.45, 7) is 1.90. The van der Waals surface area contributed by atoms with Gasteiger partial charge in [-0.2, -0.15) is 0 Å². The van der Waals surface area contributed by atoms with Gasteiger partial charge in [-0.05, 0) is 68.0 Å². The van der Waals surface area contributed by atoms with E-state index in [1.165, 1.54) is 5.56 Å². The summed E-state index contributed by atoms with van der Waals surface area (Å²) in [5.41, 5.74) is 11.7. The second-order valence-corrected chi connectivity index (χ2v) is 16.9. The van der Waals surface area contributed by atoms with Crippen LogP contribution in [0, 0.1) is 0 Å². The standard InChI is InChI=1S/C50H34N3OP/c1-55(54)46-19-11-10-18-44(46)45-29-28-39(32-47(45)55)41-31-30-40(42-16-8-9-17-43(41)42)35-22-26-38(27-23-35)50-52-48(36-14-6-3-7-15-36)51-49(53-50)37-24-20-34(21-25-37)33-12-4-2-5-13-33/h2-32H,1H3. The highest BCUT2D eigenvalue weighted by Gasteiger charge is 2.34. The van der Waals surface area contributed by atoms with E-state index in [2.05, 4.69) is 133 Å². The number of fused-ring (bicyclic) bond motifs is 4. The summed E-state index contributed by atoms with van der Waals surface area (Å²) in [5.74, 6) is 1.88. The molecule has 9 aromatic rings. The van der Waals surface area contributed by atoms with Crippen molar-refractivity contribution in [1.82, 2.24) is 15.0 Å². The SMILES string of the molecule is CP1(=O)c2ccccc2-c2ccc(-c3ccc(-c4ccc(-c5nc(-c6ccccc6)nc(-c6ccc(-c7ccccc7)cc6)n5)cc4)c4ccccc34)cc21. The molecular formula is C50H34N3OP. The van der Waals surface area contributed by atoms with Crippen LogP contribution in [-0.2, 0) is 4.57 Å². The third kappa shape index (κ3) is 5.79. The molecule has 2 heterocycles. The summed E-state index contributed by atoms with van der Waals surface area (Å²) in [6, 6.07) is 64.8. The molecule has 0 saturated heterocycles. The predicted octanol–water partition coefficient (Wildman–Crippen LogP) is 12.0. The summed E-state index contributed by atoms with van der Waals surface area (Å²) in [6.07, 6.45) is 0. The Morgan fingerprint density at radius 1 is 0.327 bits per heavy atom. The average Bonchev–Trinajstić information content (AvgIpc) is 3.49. The van der Waals surface area contributed by atoms with Crippen LogP contribution in [0.2, 0.25) is 0 Å². The van der Waals surface area contributed by atoms with E-state index in [4.69, 9.17) is 15.0 Å². The summed E-state index contributed by atoms with van der Waals surface area (Å²) in [4.78, 5) is 14.9. The van der Waals surface area contributed by atoms with Crippen molar-refractivity contribution in [3.8, 4) is 78.7 Å². The molecule has 8 aromatic carbocycles. The van der Waals surface area contributed by atoms with Crippen molar-refractivity contribution in [2.75, 3.05) is 6.66 Å². The van der Waals surface area contributed by atoms with Crippen LogP contribution in [0.5, 0.6) is 0 Å². The monoisotopic (exact) mass is 723 g/mol. The Labute approximate surface area is 320 Å². The lowest BCUT2D eigenvalue weighted by molar-refractivity contribution is 0.591. The maximum atomic E-state index is 14.1. The van der Waals surface area contributed by atoms with Crippen LogP contribution in [-0.4, -0.2) is 21.6 Å². The lowest BCUT2D eigenvalue weighted by Gasteiger charge is -2.14. The highest BCUT2D eigenvalue weighted by molar-refractivity contribution is 7.79. The van der Waals surface area contributed by atoms with E-state index in [1.54, 1.807) is 0 Å². The summed E-state index contributed by atoms with van der Waals surface area (Å²) in [7, 11) is -2.69. The number of hydrogen-bond acceptors (Lipinski definition) is 4. The molecule has 0 N–H and O–H groups in total. The average molecular weight is 724 g/mol. The molecular weight excluding hydrogens is 690 g/mol. The lowest BCUT2D eigenvalue weighted by atomic mass is 9.91. The zero-order chi connectivity index (χ0) is 36.9. The van der Waals surface area contributed by atoms with Crippen LogP contribution in [0.4, 0.5) is 0 Å². The first-order chi connectivity index (χ1) is 27.0. The molecule has 0 radical (unpaired) electrons. The van der Waals surface area contributed by atoms with E-state index in [9.17, 15) is 4.57 Å². The molecule has 4 nitrogen and oxygen atoms in total. The van der Waals surface area contributed by atoms with E-state index in [1.807, 2.05) is 61.3 Å². The molecule has 260 valence electrons. The minimum atomic E-state index is -2.69. The number of benzene rings is 8. The molecule has 0 saturated carbocycles. The van der Waals surface area contributed by atoms with Gasteiger partial charge in [0.15, 0.2) is 17.5 Å². The van der Waals surface area contributed by atoms with Crippen LogP contribution in [0.15, 0.2) is 188 Å². The Balaban J connectivity index is 1.01. The zero-order valence-electron chi connectivity index (χ0n) is 30.1. The normalized spacial score (nSPS) is 14.4. The van der Waals surface area contributed by atoms with Gasteiger partial charge in [0, 0.05) is 27.3 Å². The Hall–Kier alpha value is -6.74. The van der Waals surface area contributed by atoms with Gasteiger partial charge in [0.05, 0.1) is 0 Å². The maximum absolute atomic E-state index is 14.1. The van der Waals surface area contributed by atoms with Crippen LogP contribution in [0.1, 0.15) is 0 Å². The first-order valence-corrected chi connectivity index (χ1v) is 20.6. The van der Waals surface area contributed by atoms with Gasteiger partial charge in [-0.3, -0.25) is 0 Å². The van der Waals surface area contributed by atoms with Gasteiger partial charge in [0.25, 0.3) is 0 Å². The van der Waals surface area contributed by atoms with Gasteiger partial charge in [0.1, 0.15) is 7.14 Å². The number of aromatic nitrogens is 3. The fourth-order valence-electron chi connectivity index (χ4n) is 7.88. The van der Waals surface area contributed by atoms with Crippen molar-refractivity contribution >= 4 is 28.5 Å². The molecule has 1 aliphatic heterocycles. The van der Waals surface area contributed by atoms with Crippen molar-refractivity contribution < 1.29 is 4.57 Å². The molecule has 0 fully saturated rings. The molecule has 10 rings (SSSR count). The van der Waals surface area contributed by atoms with Gasteiger partial charge in [-0.25, -0.2) is 15.0 Å². The van der Waals surface area contributed by atoms with Crippen molar-refractivity contribution in [2.45, 2.75) is 0 Å². The molecule has 5 heteroatoms. The molecule has 0 spiro atoms. The predicted molar refractivity (Wildman–Crippen MR) is 228 cm³/mol. The summed E-state index contributed by atoms with van der Waals surface area (Å²) >= 11 is 0. The van der Waals surface area contributed by atoms with Crippen molar-refractivity contribution in [3.05, 3.63) is 188 Å². The van der Waals surface area contributed by atoms with Crippen LogP contribution >= 0.6 is 7.14 Å². The first-order valence-electron chi connectivity index (χ1n) is 18.4. The van der Waals surface area contributed by atoms with Crippen molar-refractivity contribution in [2.24, 2.45) is 0 Å². The molecule has 1 aromatic heterocycles. The Morgan fingerprint density at radius 3 is 1.31 bits per heavy atom. The van der Waals surface area contributed by atoms with E-state index in [0.29, 0.717) is 17.5 Å². The van der Waals surface area contributed by atoms with Gasteiger partial charge in [-0.1, -0.05) is 182 Å². The maximum Gasteiger partial charge on any atom is 0.164 e. The van der Waals surface area contributed by atoms with Crippen LogP contribution in [0.3, 0.4) is 0 Å². The molecule has 0 amide bonds. The second-order valence-electron chi connectivity index (χ2n) is 14.1. The number of rotatable bonds is 6. The Kier molecular flexibility index (Phi) is 7.94. The van der Waals surface area contributed by atoms with Crippen molar-refractivity contribution in [1.29, 1.82) is 0 Å². The Morgan fingerprint density at radius 2 is 0.709 bits per heavy atom. The molecule has 1 unspecified atom stereocenters. The minimum Gasteiger partial charge on any atom is -0.314 e. The fraction of sp³-hybridized carbons (Fsp3) is 0.0200. The highest BCUT2D eigenvalue weighted by Crippen LogP contribution is 2.51. The van der Waals surface area contributed by atoms with Gasteiger partial charge >= 0.3 is 0 Å². The fourth-order valence-corrected chi connectivity index (χ4v) is 10.2. The van der Waals surface area contributed by atoms with Gasteiger partial charge in [0.2, 0.25) is 0 Å². The number of hydrogen-bond donors (Lipinski definition) is 0.